The predicted molar refractivity (Wildman–Crippen MR) is 88.7 cm³/mol. The Bertz CT molecular complexity index is 1030. The first-order valence-electron chi connectivity index (χ1n) is 6.93. The quantitative estimate of drug-likeness (QED) is 0.548. The zero-order chi connectivity index (χ0) is 16.4. The van der Waals surface area contributed by atoms with Gasteiger partial charge < -0.3 is 0 Å². The maximum absolute atomic E-state index is 13.0. The van der Waals surface area contributed by atoms with E-state index in [4.69, 9.17) is 6.42 Å². The van der Waals surface area contributed by atoms with E-state index in [-0.39, 0.29) is 17.0 Å². The molecule has 0 atom stereocenters. The third-order valence-electron chi connectivity index (χ3n) is 3.50. The van der Waals surface area contributed by atoms with Gasteiger partial charge in [0.25, 0.3) is 10.0 Å². The Morgan fingerprint density at radius 3 is 2.39 bits per heavy atom. The summed E-state index contributed by atoms with van der Waals surface area (Å²) in [5.41, 5.74) is 0.532. The monoisotopic (exact) mass is 323 g/mol. The largest absolute Gasteiger partial charge is 0.291 e. The lowest BCUT2D eigenvalue weighted by Crippen LogP contribution is -2.18. The van der Waals surface area contributed by atoms with Crippen LogP contribution >= 0.6 is 0 Å². The van der Waals surface area contributed by atoms with Crippen molar-refractivity contribution in [3.8, 4) is 12.3 Å². The number of para-hydroxylation sites is 1. The second-order valence-electron chi connectivity index (χ2n) is 4.97. The van der Waals surface area contributed by atoms with E-state index in [1.807, 2.05) is 0 Å². The Morgan fingerprint density at radius 1 is 1.04 bits per heavy atom. The summed E-state index contributed by atoms with van der Waals surface area (Å²) in [6.07, 6.45) is 5.05. The van der Waals surface area contributed by atoms with E-state index in [0.717, 1.165) is 3.97 Å². The van der Waals surface area contributed by atoms with Crippen molar-refractivity contribution in [3.05, 3.63) is 66.4 Å². The number of Topliss-reactive ketones (excluding diaryl/α,β-unsaturated/α-hetero) is 1. The number of terminal acetylenes is 1. The molecule has 4 nitrogen and oxygen atoms in total. The Hall–Kier alpha value is -2.84. The van der Waals surface area contributed by atoms with Gasteiger partial charge in [-0.3, -0.25) is 4.79 Å². The zero-order valence-electron chi connectivity index (χ0n) is 12.1. The molecule has 0 aliphatic heterocycles. The normalized spacial score (nSPS) is 11.3. The second kappa shape index (κ2) is 5.75. The molecule has 1 heterocycles. The number of nitrogens with zero attached hydrogens (tertiary/aromatic N) is 1. The number of rotatable bonds is 4. The number of carbonyl (C=O) groups excluding carboxylic acids is 1. The van der Waals surface area contributed by atoms with Crippen LogP contribution in [0.2, 0.25) is 0 Å². The van der Waals surface area contributed by atoms with Crippen molar-refractivity contribution in [1.82, 2.24) is 3.97 Å². The van der Waals surface area contributed by atoms with E-state index in [9.17, 15) is 13.2 Å². The number of hydrogen-bond acceptors (Lipinski definition) is 3. The molecule has 0 unspecified atom stereocenters. The summed E-state index contributed by atoms with van der Waals surface area (Å²) in [7, 11) is -3.89. The van der Waals surface area contributed by atoms with Crippen molar-refractivity contribution in [2.24, 2.45) is 0 Å². The summed E-state index contributed by atoms with van der Waals surface area (Å²) in [5.74, 6) is 1.87. The van der Waals surface area contributed by atoms with E-state index in [2.05, 4.69) is 5.92 Å². The Morgan fingerprint density at radius 2 is 1.70 bits per heavy atom. The third kappa shape index (κ3) is 2.54. The van der Waals surface area contributed by atoms with E-state index in [1.54, 1.807) is 48.5 Å². The number of fused-ring (bicyclic) bond motifs is 1. The van der Waals surface area contributed by atoms with Gasteiger partial charge in [-0.05, 0) is 24.3 Å². The summed E-state index contributed by atoms with van der Waals surface area (Å²) < 4.78 is 27.1. The van der Waals surface area contributed by atoms with Crippen molar-refractivity contribution < 1.29 is 13.2 Å². The highest BCUT2D eigenvalue weighted by atomic mass is 32.2. The lowest BCUT2D eigenvalue weighted by atomic mass is 10.2. The van der Waals surface area contributed by atoms with Crippen LogP contribution in [0, 0.1) is 12.3 Å². The molecule has 0 radical (unpaired) electrons. The minimum atomic E-state index is -3.89. The van der Waals surface area contributed by atoms with Crippen molar-refractivity contribution in [2.45, 2.75) is 11.3 Å². The van der Waals surface area contributed by atoms with Gasteiger partial charge in [0.2, 0.25) is 0 Å². The highest BCUT2D eigenvalue weighted by Gasteiger charge is 2.25. The van der Waals surface area contributed by atoms with Gasteiger partial charge in [-0.2, -0.15) is 0 Å². The molecule has 2 aromatic carbocycles. The van der Waals surface area contributed by atoms with E-state index >= 15 is 0 Å². The molecule has 0 N–H and O–H groups in total. The average molecular weight is 323 g/mol. The standard InChI is InChI=1S/C18H13NO3S/c1-2-8-18(20)17-13-14-9-6-7-12-16(14)19(17)23(21,22)15-10-4-3-5-11-15/h1,3-7,9-13H,8H2. The lowest BCUT2D eigenvalue weighted by Gasteiger charge is -2.10. The highest BCUT2D eigenvalue weighted by Crippen LogP contribution is 2.26. The van der Waals surface area contributed by atoms with Crippen LogP contribution in [-0.4, -0.2) is 18.2 Å². The third-order valence-corrected chi connectivity index (χ3v) is 5.24. The van der Waals surface area contributed by atoms with Gasteiger partial charge >= 0.3 is 0 Å². The summed E-state index contributed by atoms with van der Waals surface area (Å²) in [4.78, 5) is 12.4. The maximum atomic E-state index is 13.0. The molecule has 0 saturated carbocycles. The molecule has 23 heavy (non-hydrogen) atoms. The number of carbonyl (C=O) groups is 1. The summed E-state index contributed by atoms with van der Waals surface area (Å²) in [5, 5.41) is 0.673. The van der Waals surface area contributed by atoms with Gasteiger partial charge in [-0.1, -0.05) is 42.3 Å². The fraction of sp³-hybridized carbons (Fsp3) is 0.0556. The molecule has 3 aromatic rings. The molecule has 0 amide bonds. The Labute approximate surface area is 134 Å². The van der Waals surface area contributed by atoms with Gasteiger partial charge in [-0.25, -0.2) is 12.4 Å². The van der Waals surface area contributed by atoms with Crippen LogP contribution in [0.5, 0.6) is 0 Å². The van der Waals surface area contributed by atoms with Crippen LogP contribution in [0.15, 0.2) is 65.6 Å². The minimum Gasteiger partial charge on any atom is -0.291 e. The first-order valence-corrected chi connectivity index (χ1v) is 8.37. The van der Waals surface area contributed by atoms with Crippen LogP contribution in [0.4, 0.5) is 0 Å². The fourth-order valence-corrected chi connectivity index (χ4v) is 4.01. The molecule has 114 valence electrons. The summed E-state index contributed by atoms with van der Waals surface area (Å²) in [6, 6.07) is 16.5. The molecule has 5 heteroatoms. The molecule has 0 saturated heterocycles. The zero-order valence-corrected chi connectivity index (χ0v) is 13.0. The van der Waals surface area contributed by atoms with Crippen LogP contribution in [0.1, 0.15) is 16.9 Å². The van der Waals surface area contributed by atoms with Crippen molar-refractivity contribution in [3.63, 3.8) is 0 Å². The van der Waals surface area contributed by atoms with Crippen LogP contribution in [0.3, 0.4) is 0 Å². The van der Waals surface area contributed by atoms with Gasteiger partial charge in [0.15, 0.2) is 5.78 Å². The van der Waals surface area contributed by atoms with Gasteiger partial charge in [0.1, 0.15) is 5.69 Å². The lowest BCUT2D eigenvalue weighted by molar-refractivity contribution is 0.0993. The molecule has 1 aromatic heterocycles. The minimum absolute atomic E-state index is 0.0769. The van der Waals surface area contributed by atoms with Gasteiger partial charge in [-0.15, -0.1) is 6.42 Å². The van der Waals surface area contributed by atoms with Crippen molar-refractivity contribution in [2.75, 3.05) is 0 Å². The topological polar surface area (TPSA) is 56.1 Å². The van der Waals surface area contributed by atoms with Crippen molar-refractivity contribution >= 4 is 26.7 Å². The Kier molecular flexibility index (Phi) is 3.77. The second-order valence-corrected chi connectivity index (χ2v) is 6.76. The molecular formula is C18H13NO3S. The highest BCUT2D eigenvalue weighted by molar-refractivity contribution is 7.90. The van der Waals surface area contributed by atoms with E-state index in [0.29, 0.717) is 10.9 Å². The maximum Gasteiger partial charge on any atom is 0.268 e. The predicted octanol–water partition coefficient (Wildman–Crippen LogP) is 3.08. The summed E-state index contributed by atoms with van der Waals surface area (Å²) >= 11 is 0. The molecule has 0 aliphatic carbocycles. The molecule has 0 spiro atoms. The van der Waals surface area contributed by atoms with E-state index in [1.165, 1.54) is 12.1 Å². The average Bonchev–Trinajstić information content (AvgIpc) is 2.96. The SMILES string of the molecule is C#CCC(=O)c1cc2ccccc2n1S(=O)(=O)c1ccccc1. The molecule has 0 aliphatic rings. The van der Waals surface area contributed by atoms with Crippen LogP contribution < -0.4 is 0 Å². The van der Waals surface area contributed by atoms with E-state index < -0.39 is 15.8 Å². The first-order chi connectivity index (χ1) is 11.1. The Balaban J connectivity index is 2.34. The first kappa shape index (κ1) is 15.1. The number of aromatic nitrogens is 1. The fourth-order valence-electron chi connectivity index (χ4n) is 2.46. The summed E-state index contributed by atoms with van der Waals surface area (Å²) in [6.45, 7) is 0. The van der Waals surface area contributed by atoms with Crippen LogP contribution in [-0.2, 0) is 10.0 Å². The molecule has 0 bridgehead atoms. The van der Waals surface area contributed by atoms with Gasteiger partial charge in [0.05, 0.1) is 16.8 Å². The molecule has 0 fully saturated rings. The van der Waals surface area contributed by atoms with Crippen molar-refractivity contribution in [1.29, 1.82) is 0 Å². The number of benzene rings is 2. The smallest absolute Gasteiger partial charge is 0.268 e. The molecule has 3 rings (SSSR count). The van der Waals surface area contributed by atoms with Gasteiger partial charge in [0, 0.05) is 5.39 Å². The number of ketones is 1. The van der Waals surface area contributed by atoms with Crippen LogP contribution in [0.25, 0.3) is 10.9 Å². The number of hydrogen-bond donors (Lipinski definition) is 0. The molecular weight excluding hydrogens is 310 g/mol.